The molecular weight excluding hydrogens is 286 g/mol. The third-order valence-electron chi connectivity index (χ3n) is 2.41. The number of para-hydroxylation sites is 1. The Balaban J connectivity index is 2.36. The SMILES string of the molecule is O=[C]c1ccccc1NS(=O)(=O)c1ccc(Cl)cc1. The van der Waals surface area contributed by atoms with Crippen LogP contribution in [0.25, 0.3) is 0 Å². The van der Waals surface area contributed by atoms with E-state index in [-0.39, 0.29) is 16.1 Å². The molecule has 0 aromatic heterocycles. The van der Waals surface area contributed by atoms with Crippen LogP contribution in [-0.4, -0.2) is 14.7 Å². The van der Waals surface area contributed by atoms with E-state index in [1.54, 1.807) is 18.4 Å². The number of anilines is 1. The van der Waals surface area contributed by atoms with E-state index in [9.17, 15) is 13.2 Å². The average Bonchev–Trinajstić information content (AvgIpc) is 2.39. The third-order valence-corrected chi connectivity index (χ3v) is 4.04. The van der Waals surface area contributed by atoms with Gasteiger partial charge in [-0.1, -0.05) is 23.7 Å². The molecule has 6 heteroatoms. The molecule has 0 aliphatic heterocycles. The summed E-state index contributed by atoms with van der Waals surface area (Å²) in [6, 6.07) is 12.0. The van der Waals surface area contributed by atoms with E-state index in [0.717, 1.165) is 0 Å². The maximum absolute atomic E-state index is 12.1. The van der Waals surface area contributed by atoms with Crippen molar-refractivity contribution in [1.82, 2.24) is 0 Å². The third kappa shape index (κ3) is 3.13. The molecule has 0 spiro atoms. The Morgan fingerprint density at radius 1 is 1.00 bits per heavy atom. The number of nitrogens with one attached hydrogen (secondary N) is 1. The zero-order valence-electron chi connectivity index (χ0n) is 9.63. The zero-order valence-corrected chi connectivity index (χ0v) is 11.2. The summed E-state index contributed by atoms with van der Waals surface area (Å²) in [5.41, 5.74) is 0.340. The molecule has 0 amide bonds. The Kier molecular flexibility index (Phi) is 3.87. The van der Waals surface area contributed by atoms with Crippen LogP contribution < -0.4 is 4.72 Å². The zero-order chi connectivity index (χ0) is 13.9. The number of sulfonamides is 1. The van der Waals surface area contributed by atoms with Gasteiger partial charge in [0, 0.05) is 5.02 Å². The largest absolute Gasteiger partial charge is 0.285 e. The molecule has 4 nitrogen and oxygen atoms in total. The summed E-state index contributed by atoms with van der Waals surface area (Å²) >= 11 is 5.70. The number of benzene rings is 2. The monoisotopic (exact) mass is 294 g/mol. The van der Waals surface area contributed by atoms with Crippen LogP contribution in [0, 0.1) is 0 Å². The topological polar surface area (TPSA) is 63.2 Å². The van der Waals surface area contributed by atoms with Crippen LogP contribution in [0.1, 0.15) is 5.56 Å². The molecule has 0 saturated carbocycles. The smallest absolute Gasteiger partial charge is 0.261 e. The van der Waals surface area contributed by atoms with Crippen molar-refractivity contribution in [2.45, 2.75) is 4.90 Å². The first-order valence-electron chi connectivity index (χ1n) is 5.28. The lowest BCUT2D eigenvalue weighted by molar-refractivity contribution is 0.563. The van der Waals surface area contributed by atoms with Crippen LogP contribution in [0.3, 0.4) is 0 Å². The maximum Gasteiger partial charge on any atom is 0.261 e. The molecule has 2 aromatic rings. The van der Waals surface area contributed by atoms with Gasteiger partial charge in [-0.25, -0.2) is 8.42 Å². The van der Waals surface area contributed by atoms with E-state index < -0.39 is 10.0 Å². The molecule has 19 heavy (non-hydrogen) atoms. The lowest BCUT2D eigenvalue weighted by Crippen LogP contribution is -2.14. The molecule has 0 atom stereocenters. The Morgan fingerprint density at radius 3 is 2.26 bits per heavy atom. The summed E-state index contributed by atoms with van der Waals surface area (Å²) in [6.45, 7) is 0. The normalized spacial score (nSPS) is 11.0. The predicted molar refractivity (Wildman–Crippen MR) is 73.5 cm³/mol. The number of hydrogen-bond acceptors (Lipinski definition) is 3. The molecule has 0 heterocycles. The van der Waals surface area contributed by atoms with E-state index in [2.05, 4.69) is 4.72 Å². The van der Waals surface area contributed by atoms with Crippen molar-refractivity contribution in [3.05, 3.63) is 59.1 Å². The first kappa shape index (κ1) is 13.6. The molecule has 1 radical (unpaired) electrons. The molecule has 0 aliphatic carbocycles. The van der Waals surface area contributed by atoms with Crippen LogP contribution in [-0.2, 0) is 14.8 Å². The molecule has 2 rings (SSSR count). The Hall–Kier alpha value is -1.85. The fraction of sp³-hybridized carbons (Fsp3) is 0. The minimum Gasteiger partial charge on any atom is -0.285 e. The summed E-state index contributed by atoms with van der Waals surface area (Å²) in [5.74, 6) is 0. The van der Waals surface area contributed by atoms with Crippen LogP contribution in [0.15, 0.2) is 53.4 Å². The summed E-state index contributed by atoms with van der Waals surface area (Å²) in [4.78, 5) is 10.8. The summed E-state index contributed by atoms with van der Waals surface area (Å²) in [7, 11) is -3.75. The molecular formula is C13H9ClNO3S. The predicted octanol–water partition coefficient (Wildman–Crippen LogP) is 2.60. The van der Waals surface area contributed by atoms with Gasteiger partial charge in [0.15, 0.2) is 0 Å². The van der Waals surface area contributed by atoms with Gasteiger partial charge >= 0.3 is 0 Å². The Morgan fingerprint density at radius 2 is 1.63 bits per heavy atom. The van der Waals surface area contributed by atoms with Gasteiger partial charge in [-0.3, -0.25) is 9.52 Å². The van der Waals surface area contributed by atoms with Gasteiger partial charge in [-0.05, 0) is 36.4 Å². The molecule has 0 saturated heterocycles. The maximum atomic E-state index is 12.1. The van der Waals surface area contributed by atoms with Crippen molar-refractivity contribution in [2.24, 2.45) is 0 Å². The fourth-order valence-corrected chi connectivity index (χ4v) is 2.68. The highest BCUT2D eigenvalue weighted by Gasteiger charge is 2.15. The molecule has 0 fully saturated rings. The Labute approximate surface area is 116 Å². The second kappa shape index (κ2) is 5.42. The lowest BCUT2D eigenvalue weighted by Gasteiger charge is -2.09. The standard InChI is InChI=1S/C13H9ClNO3S/c14-11-5-7-12(8-6-11)19(17,18)15-13-4-2-1-3-10(13)9-16/h1-8,15H. The van der Waals surface area contributed by atoms with Gasteiger partial charge in [-0.15, -0.1) is 0 Å². The minimum atomic E-state index is -3.75. The molecule has 97 valence electrons. The van der Waals surface area contributed by atoms with Gasteiger partial charge in [0.1, 0.15) is 0 Å². The number of rotatable bonds is 4. The van der Waals surface area contributed by atoms with Gasteiger partial charge < -0.3 is 0 Å². The van der Waals surface area contributed by atoms with E-state index in [1.165, 1.54) is 36.4 Å². The first-order valence-corrected chi connectivity index (χ1v) is 7.14. The molecule has 0 bridgehead atoms. The van der Waals surface area contributed by atoms with Crippen molar-refractivity contribution in [1.29, 1.82) is 0 Å². The second-order valence-electron chi connectivity index (χ2n) is 3.71. The highest BCUT2D eigenvalue weighted by Crippen LogP contribution is 2.20. The van der Waals surface area contributed by atoms with E-state index in [0.29, 0.717) is 5.02 Å². The van der Waals surface area contributed by atoms with Gasteiger partial charge in [0.2, 0.25) is 6.29 Å². The first-order chi connectivity index (χ1) is 9.03. The Bertz CT molecular complexity index is 696. The average molecular weight is 295 g/mol. The molecule has 0 aliphatic rings. The number of carbonyl (C=O) groups excluding carboxylic acids is 1. The second-order valence-corrected chi connectivity index (χ2v) is 5.83. The highest BCUT2D eigenvalue weighted by atomic mass is 35.5. The molecule has 1 N–H and O–H groups in total. The van der Waals surface area contributed by atoms with Crippen LogP contribution in [0.4, 0.5) is 5.69 Å². The number of hydrogen-bond donors (Lipinski definition) is 1. The summed E-state index contributed by atoms with van der Waals surface area (Å²) in [5, 5.41) is 0.445. The van der Waals surface area contributed by atoms with Gasteiger partial charge in [0.25, 0.3) is 10.0 Å². The van der Waals surface area contributed by atoms with Crippen molar-refractivity contribution >= 4 is 33.6 Å². The van der Waals surface area contributed by atoms with E-state index in [1.807, 2.05) is 0 Å². The van der Waals surface area contributed by atoms with Gasteiger partial charge in [0.05, 0.1) is 16.1 Å². The molecule has 2 aromatic carbocycles. The summed E-state index contributed by atoms with van der Waals surface area (Å²) in [6.07, 6.45) is 1.68. The van der Waals surface area contributed by atoms with Crippen molar-refractivity contribution in [2.75, 3.05) is 4.72 Å². The fourth-order valence-electron chi connectivity index (χ4n) is 1.48. The van der Waals surface area contributed by atoms with Crippen molar-refractivity contribution < 1.29 is 13.2 Å². The van der Waals surface area contributed by atoms with Crippen LogP contribution >= 0.6 is 11.6 Å². The van der Waals surface area contributed by atoms with Crippen LogP contribution in [0.2, 0.25) is 5.02 Å². The lowest BCUT2D eigenvalue weighted by atomic mass is 10.2. The van der Waals surface area contributed by atoms with E-state index in [4.69, 9.17) is 11.6 Å². The summed E-state index contributed by atoms with van der Waals surface area (Å²) < 4.78 is 26.5. The minimum absolute atomic E-state index is 0.0672. The molecule has 0 unspecified atom stereocenters. The quantitative estimate of drug-likeness (QED) is 0.943. The van der Waals surface area contributed by atoms with E-state index >= 15 is 0 Å². The van der Waals surface area contributed by atoms with Gasteiger partial charge in [-0.2, -0.15) is 0 Å². The number of halogens is 1. The van der Waals surface area contributed by atoms with Crippen molar-refractivity contribution in [3.63, 3.8) is 0 Å². The van der Waals surface area contributed by atoms with Crippen molar-refractivity contribution in [3.8, 4) is 0 Å². The van der Waals surface area contributed by atoms with Crippen LogP contribution in [0.5, 0.6) is 0 Å². The highest BCUT2D eigenvalue weighted by molar-refractivity contribution is 7.92.